The quantitative estimate of drug-likeness (QED) is 0.632. The SMILES string of the molecule is CC(C)(Br)C(=O)Nc1ccc(-c2nc3ccccc3s2)c(O)c1. The van der Waals surface area contributed by atoms with Gasteiger partial charge in [0.05, 0.1) is 20.1 Å². The van der Waals surface area contributed by atoms with Gasteiger partial charge >= 0.3 is 0 Å². The maximum atomic E-state index is 12.0. The van der Waals surface area contributed by atoms with Gasteiger partial charge in [0.2, 0.25) is 5.91 Å². The second kappa shape index (κ2) is 5.94. The van der Waals surface area contributed by atoms with Crippen LogP contribution in [-0.2, 0) is 4.79 Å². The zero-order valence-electron chi connectivity index (χ0n) is 12.6. The Morgan fingerprint density at radius 2 is 2.00 bits per heavy atom. The number of anilines is 1. The first-order valence-corrected chi connectivity index (χ1v) is 8.65. The van der Waals surface area contributed by atoms with Crippen molar-refractivity contribution in [3.63, 3.8) is 0 Å². The predicted octanol–water partition coefficient (Wildman–Crippen LogP) is 4.78. The van der Waals surface area contributed by atoms with Crippen molar-refractivity contribution in [3.8, 4) is 16.3 Å². The molecule has 4 nitrogen and oxygen atoms in total. The Morgan fingerprint density at radius 3 is 2.65 bits per heavy atom. The summed E-state index contributed by atoms with van der Waals surface area (Å²) in [4.78, 5) is 16.5. The summed E-state index contributed by atoms with van der Waals surface area (Å²) in [6.45, 7) is 3.52. The van der Waals surface area contributed by atoms with Gasteiger partial charge in [-0.1, -0.05) is 28.1 Å². The highest BCUT2D eigenvalue weighted by atomic mass is 79.9. The standard InChI is InChI=1S/C17H15BrN2O2S/c1-17(2,18)16(22)19-10-7-8-11(13(21)9-10)15-20-12-5-3-4-6-14(12)23-15/h3-9,21H,1-2H3,(H,19,22). The average molecular weight is 391 g/mol. The van der Waals surface area contributed by atoms with E-state index in [-0.39, 0.29) is 11.7 Å². The number of rotatable bonds is 3. The van der Waals surface area contributed by atoms with Crippen molar-refractivity contribution in [1.82, 2.24) is 4.98 Å². The highest BCUT2D eigenvalue weighted by Crippen LogP contribution is 2.36. The molecule has 23 heavy (non-hydrogen) atoms. The van der Waals surface area contributed by atoms with Crippen LogP contribution in [0, 0.1) is 0 Å². The lowest BCUT2D eigenvalue weighted by Gasteiger charge is -2.16. The van der Waals surface area contributed by atoms with Crippen molar-refractivity contribution < 1.29 is 9.90 Å². The first-order chi connectivity index (χ1) is 10.8. The Bertz CT molecular complexity index is 851. The monoisotopic (exact) mass is 390 g/mol. The Balaban J connectivity index is 1.91. The molecule has 0 unspecified atom stereocenters. The smallest absolute Gasteiger partial charge is 0.240 e. The van der Waals surface area contributed by atoms with Gasteiger partial charge in [0, 0.05) is 11.8 Å². The Kier molecular flexibility index (Phi) is 4.12. The molecule has 1 amide bonds. The van der Waals surface area contributed by atoms with Gasteiger partial charge in [0.25, 0.3) is 0 Å². The molecule has 3 rings (SSSR count). The first kappa shape index (κ1) is 16.0. The van der Waals surface area contributed by atoms with Gasteiger partial charge in [-0.2, -0.15) is 0 Å². The molecule has 3 aromatic rings. The minimum atomic E-state index is -0.672. The Labute approximate surface area is 146 Å². The fraction of sp³-hybridized carbons (Fsp3) is 0.176. The Morgan fingerprint density at radius 1 is 1.26 bits per heavy atom. The van der Waals surface area contributed by atoms with Gasteiger partial charge in [-0.05, 0) is 38.1 Å². The molecule has 0 aliphatic carbocycles. The number of hydrogen-bond donors (Lipinski definition) is 2. The number of carbonyl (C=O) groups excluding carboxylic acids is 1. The van der Waals surface area contributed by atoms with E-state index in [9.17, 15) is 9.90 Å². The lowest BCUT2D eigenvalue weighted by Crippen LogP contribution is -2.30. The van der Waals surface area contributed by atoms with Crippen LogP contribution in [0.4, 0.5) is 5.69 Å². The number of para-hydroxylation sites is 1. The second-order valence-corrected chi connectivity index (χ2v) is 8.66. The highest BCUT2D eigenvalue weighted by molar-refractivity contribution is 9.10. The third kappa shape index (κ3) is 3.38. The molecule has 0 bridgehead atoms. The number of phenols is 1. The van der Waals surface area contributed by atoms with Crippen LogP contribution in [0.1, 0.15) is 13.8 Å². The van der Waals surface area contributed by atoms with Crippen molar-refractivity contribution in [1.29, 1.82) is 0 Å². The second-order valence-electron chi connectivity index (χ2n) is 5.65. The summed E-state index contributed by atoms with van der Waals surface area (Å²) in [6, 6.07) is 12.9. The molecule has 0 radical (unpaired) electrons. The number of amides is 1. The number of nitrogens with one attached hydrogen (secondary N) is 1. The van der Waals surface area contributed by atoms with Crippen LogP contribution in [0.2, 0.25) is 0 Å². The van der Waals surface area contributed by atoms with E-state index in [2.05, 4.69) is 26.2 Å². The van der Waals surface area contributed by atoms with E-state index in [0.29, 0.717) is 11.3 Å². The molecule has 2 aromatic carbocycles. The van der Waals surface area contributed by atoms with E-state index < -0.39 is 4.32 Å². The van der Waals surface area contributed by atoms with Gasteiger partial charge in [-0.3, -0.25) is 4.79 Å². The van der Waals surface area contributed by atoms with Crippen LogP contribution in [0.15, 0.2) is 42.5 Å². The number of benzene rings is 2. The van der Waals surface area contributed by atoms with Gasteiger partial charge in [0.1, 0.15) is 10.8 Å². The number of aromatic hydroxyl groups is 1. The summed E-state index contributed by atoms with van der Waals surface area (Å²) >= 11 is 4.83. The number of fused-ring (bicyclic) bond motifs is 1. The molecular weight excluding hydrogens is 376 g/mol. The molecule has 0 saturated carbocycles. The van der Waals surface area contributed by atoms with Crippen LogP contribution < -0.4 is 5.32 Å². The number of phenolic OH excluding ortho intramolecular Hbond substituents is 1. The fourth-order valence-electron chi connectivity index (χ4n) is 2.06. The highest BCUT2D eigenvalue weighted by Gasteiger charge is 2.23. The van der Waals surface area contributed by atoms with Crippen molar-refractivity contribution >= 4 is 49.1 Å². The Hall–Kier alpha value is -1.92. The number of carbonyl (C=O) groups is 1. The molecule has 0 aliphatic heterocycles. The third-order valence-corrected chi connectivity index (χ3v) is 4.75. The van der Waals surface area contributed by atoms with Crippen LogP contribution >= 0.6 is 27.3 Å². The zero-order chi connectivity index (χ0) is 16.6. The topological polar surface area (TPSA) is 62.2 Å². The molecular formula is C17H15BrN2O2S. The molecule has 118 valence electrons. The van der Waals surface area contributed by atoms with Gasteiger partial charge in [0.15, 0.2) is 0 Å². The molecule has 0 fully saturated rings. The molecule has 0 spiro atoms. The van der Waals surface area contributed by atoms with Crippen LogP contribution in [0.5, 0.6) is 5.75 Å². The van der Waals surface area contributed by atoms with Crippen LogP contribution in [0.25, 0.3) is 20.8 Å². The van der Waals surface area contributed by atoms with Crippen molar-refractivity contribution in [2.24, 2.45) is 0 Å². The fourth-order valence-corrected chi connectivity index (χ4v) is 3.16. The molecule has 1 heterocycles. The summed E-state index contributed by atoms with van der Waals surface area (Å²) in [7, 11) is 0. The number of aromatic nitrogens is 1. The largest absolute Gasteiger partial charge is 0.507 e. The minimum absolute atomic E-state index is 0.0919. The van der Waals surface area contributed by atoms with E-state index in [4.69, 9.17) is 0 Å². The van der Waals surface area contributed by atoms with Crippen molar-refractivity contribution in [2.45, 2.75) is 18.2 Å². The maximum absolute atomic E-state index is 12.0. The normalized spacial score (nSPS) is 11.6. The minimum Gasteiger partial charge on any atom is -0.507 e. The van der Waals surface area contributed by atoms with E-state index in [1.807, 2.05) is 24.3 Å². The number of thiazole rings is 1. The lowest BCUT2D eigenvalue weighted by atomic mass is 10.1. The predicted molar refractivity (Wildman–Crippen MR) is 98.4 cm³/mol. The van der Waals surface area contributed by atoms with Crippen molar-refractivity contribution in [3.05, 3.63) is 42.5 Å². The molecule has 2 N–H and O–H groups in total. The van der Waals surface area contributed by atoms with Crippen LogP contribution in [-0.4, -0.2) is 20.3 Å². The number of hydrogen-bond acceptors (Lipinski definition) is 4. The lowest BCUT2D eigenvalue weighted by molar-refractivity contribution is -0.117. The molecule has 0 atom stereocenters. The van der Waals surface area contributed by atoms with Gasteiger partial charge < -0.3 is 10.4 Å². The zero-order valence-corrected chi connectivity index (χ0v) is 15.0. The average Bonchev–Trinajstić information content (AvgIpc) is 2.89. The number of halogens is 1. The van der Waals surface area contributed by atoms with Crippen LogP contribution in [0.3, 0.4) is 0 Å². The van der Waals surface area contributed by atoms with E-state index in [1.165, 1.54) is 17.4 Å². The van der Waals surface area contributed by atoms with Crippen molar-refractivity contribution in [2.75, 3.05) is 5.32 Å². The number of alkyl halides is 1. The summed E-state index contributed by atoms with van der Waals surface area (Å²) in [6.07, 6.45) is 0. The van der Waals surface area contributed by atoms with E-state index in [0.717, 1.165) is 15.2 Å². The summed E-state index contributed by atoms with van der Waals surface area (Å²) in [5.41, 5.74) is 2.11. The van der Waals surface area contributed by atoms with E-state index >= 15 is 0 Å². The summed E-state index contributed by atoms with van der Waals surface area (Å²) < 4.78 is 0.397. The molecule has 6 heteroatoms. The number of nitrogens with zero attached hydrogens (tertiary/aromatic N) is 1. The maximum Gasteiger partial charge on any atom is 0.240 e. The van der Waals surface area contributed by atoms with Gasteiger partial charge in [-0.15, -0.1) is 11.3 Å². The summed E-state index contributed by atoms with van der Waals surface area (Å²) in [5, 5.41) is 13.8. The third-order valence-electron chi connectivity index (χ3n) is 3.32. The first-order valence-electron chi connectivity index (χ1n) is 7.04. The van der Waals surface area contributed by atoms with E-state index in [1.54, 1.807) is 26.0 Å². The molecule has 1 aromatic heterocycles. The molecule has 0 saturated heterocycles. The summed E-state index contributed by atoms with van der Waals surface area (Å²) in [5.74, 6) is -0.0844. The van der Waals surface area contributed by atoms with Gasteiger partial charge in [-0.25, -0.2) is 4.98 Å². The molecule has 0 aliphatic rings.